The molecule has 4 rings (SSSR count). The van der Waals surface area contributed by atoms with Gasteiger partial charge >= 0.3 is 6.03 Å². The second kappa shape index (κ2) is 8.23. The first kappa shape index (κ1) is 20.0. The van der Waals surface area contributed by atoms with E-state index in [2.05, 4.69) is 4.98 Å². The Hall–Kier alpha value is -3.26. The fraction of sp³-hybridized carbons (Fsp3) is 0.182. The Bertz CT molecular complexity index is 1100. The van der Waals surface area contributed by atoms with Gasteiger partial charge < -0.3 is 14.9 Å². The van der Waals surface area contributed by atoms with Crippen LogP contribution in [0.25, 0.3) is 5.57 Å². The first-order valence-electron chi connectivity index (χ1n) is 9.32. The maximum Gasteiger partial charge on any atom is 0.321 e. The molecule has 0 fully saturated rings. The van der Waals surface area contributed by atoms with E-state index in [1.807, 2.05) is 10.9 Å². The number of urea groups is 1. The zero-order valence-electron chi connectivity index (χ0n) is 16.2. The quantitative estimate of drug-likeness (QED) is 0.676. The van der Waals surface area contributed by atoms with E-state index in [0.29, 0.717) is 17.7 Å². The molecule has 2 heterocycles. The fourth-order valence-corrected chi connectivity index (χ4v) is 4.18. The molecule has 5 nitrogen and oxygen atoms in total. The number of phenols is 1. The largest absolute Gasteiger partial charge is 0.508 e. The van der Waals surface area contributed by atoms with Gasteiger partial charge in [0.15, 0.2) is 0 Å². The fourth-order valence-electron chi connectivity index (χ4n) is 3.59. The number of aromatic hydroxyl groups is 1. The Kier molecular flexibility index (Phi) is 5.50. The Labute approximate surface area is 176 Å². The van der Waals surface area contributed by atoms with Crippen molar-refractivity contribution in [3.63, 3.8) is 0 Å². The maximum atomic E-state index is 14.4. The molecule has 3 aromatic rings. The van der Waals surface area contributed by atoms with Gasteiger partial charge in [-0.1, -0.05) is 29.5 Å². The normalized spacial score (nSPS) is 15.9. The van der Waals surface area contributed by atoms with Crippen LogP contribution in [0.3, 0.4) is 0 Å². The smallest absolute Gasteiger partial charge is 0.321 e. The average Bonchev–Trinajstić information content (AvgIpc) is 3.39. The number of hydrogen-bond donors (Lipinski definition) is 1. The summed E-state index contributed by atoms with van der Waals surface area (Å²) in [5, 5.41) is 11.8. The molecule has 1 aromatic heterocycles. The molecule has 1 aliphatic rings. The highest BCUT2D eigenvalue weighted by Gasteiger charge is 2.34. The summed E-state index contributed by atoms with van der Waals surface area (Å²) < 4.78 is 28.1. The highest BCUT2D eigenvalue weighted by molar-refractivity contribution is 7.07. The van der Waals surface area contributed by atoms with E-state index in [1.165, 1.54) is 11.3 Å². The summed E-state index contributed by atoms with van der Waals surface area (Å²) in [6.07, 6.45) is 1.75. The van der Waals surface area contributed by atoms with Crippen molar-refractivity contribution >= 4 is 22.9 Å². The van der Waals surface area contributed by atoms with Crippen molar-refractivity contribution in [3.8, 4) is 5.75 Å². The third kappa shape index (κ3) is 4.04. The molecular weight excluding hydrogens is 408 g/mol. The van der Waals surface area contributed by atoms with E-state index < -0.39 is 17.7 Å². The minimum atomic E-state index is -0.548. The van der Waals surface area contributed by atoms with Gasteiger partial charge in [-0.2, -0.15) is 0 Å². The molecule has 30 heavy (non-hydrogen) atoms. The summed E-state index contributed by atoms with van der Waals surface area (Å²) in [7, 11) is 1.69. The average molecular weight is 428 g/mol. The van der Waals surface area contributed by atoms with Crippen molar-refractivity contribution in [1.82, 2.24) is 9.80 Å². The van der Waals surface area contributed by atoms with E-state index in [0.717, 1.165) is 23.9 Å². The number of benzene rings is 2. The van der Waals surface area contributed by atoms with Gasteiger partial charge in [0.25, 0.3) is 0 Å². The van der Waals surface area contributed by atoms with E-state index in [-0.39, 0.29) is 23.9 Å². The molecule has 1 unspecified atom stereocenters. The highest BCUT2D eigenvalue weighted by Crippen LogP contribution is 2.37. The molecule has 0 saturated carbocycles. The van der Waals surface area contributed by atoms with Crippen molar-refractivity contribution in [2.24, 2.45) is 0 Å². The summed E-state index contributed by atoms with van der Waals surface area (Å²) in [4.78, 5) is 19.5. The van der Waals surface area contributed by atoms with Crippen molar-refractivity contribution in [2.45, 2.75) is 12.6 Å². The van der Waals surface area contributed by atoms with E-state index >= 15 is 0 Å². The van der Waals surface area contributed by atoms with Crippen LogP contribution in [0.15, 0.2) is 59.4 Å². The predicted molar refractivity (Wildman–Crippen MR) is 110 cm³/mol. The number of amides is 2. The van der Waals surface area contributed by atoms with Crippen LogP contribution in [0, 0.1) is 11.6 Å². The zero-order chi connectivity index (χ0) is 21.3. The molecule has 0 bridgehead atoms. The standard InChI is InChI=1S/C22H19F2N3O2S/c1-26(11-17-12-30-13-25-17)22(29)27-10-15(19-9-16(23)5-6-20(19)24)8-21(27)14-3-2-4-18(28)7-14/h2-9,12-13,21,28H,10-11H2,1H3/p+1. The number of aromatic amines is 1. The number of aromatic nitrogens is 1. The lowest BCUT2D eigenvalue weighted by Crippen LogP contribution is -2.41. The number of nitrogens with zero attached hydrogens (tertiary/aromatic N) is 2. The predicted octanol–water partition coefficient (Wildman–Crippen LogP) is 4.24. The lowest BCUT2D eigenvalue weighted by molar-refractivity contribution is -0.384. The van der Waals surface area contributed by atoms with Gasteiger partial charge in [0.1, 0.15) is 23.9 Å². The van der Waals surface area contributed by atoms with Crippen LogP contribution in [0.5, 0.6) is 5.75 Å². The van der Waals surface area contributed by atoms with Crippen molar-refractivity contribution in [2.75, 3.05) is 13.6 Å². The lowest BCUT2D eigenvalue weighted by atomic mass is 10.0. The zero-order valence-corrected chi connectivity index (χ0v) is 17.0. The molecule has 2 amide bonds. The number of nitrogens with one attached hydrogen (secondary N) is 1. The summed E-state index contributed by atoms with van der Waals surface area (Å²) in [5.41, 5.74) is 4.05. The molecule has 0 spiro atoms. The Morgan fingerprint density at radius 1 is 1.30 bits per heavy atom. The Morgan fingerprint density at radius 3 is 2.87 bits per heavy atom. The molecular formula is C22H20F2N3O2S+. The van der Waals surface area contributed by atoms with Gasteiger partial charge in [-0.25, -0.2) is 18.6 Å². The van der Waals surface area contributed by atoms with Gasteiger partial charge in [0, 0.05) is 19.2 Å². The summed E-state index contributed by atoms with van der Waals surface area (Å²) in [5.74, 6) is -1.02. The number of thiazole rings is 1. The summed E-state index contributed by atoms with van der Waals surface area (Å²) in [6, 6.07) is 9.09. The maximum absolute atomic E-state index is 14.4. The highest BCUT2D eigenvalue weighted by atomic mass is 32.1. The SMILES string of the molecule is CN(Cc1csc[nH+]1)C(=O)N1CC(c2cc(F)ccc2F)=CC1c1cccc(O)c1. The second-order valence-electron chi connectivity index (χ2n) is 7.16. The van der Waals surface area contributed by atoms with Gasteiger partial charge in [-0.15, -0.1) is 0 Å². The molecule has 1 aliphatic heterocycles. The first-order chi connectivity index (χ1) is 14.4. The minimum Gasteiger partial charge on any atom is -0.508 e. The first-order valence-corrected chi connectivity index (χ1v) is 10.3. The van der Waals surface area contributed by atoms with Gasteiger partial charge in [0.05, 0.1) is 11.4 Å². The van der Waals surface area contributed by atoms with Crippen molar-refractivity contribution in [3.05, 3.63) is 87.9 Å². The lowest BCUT2D eigenvalue weighted by Gasteiger charge is -2.29. The number of halogens is 2. The monoisotopic (exact) mass is 428 g/mol. The molecule has 0 saturated heterocycles. The molecule has 8 heteroatoms. The molecule has 1 atom stereocenters. The van der Waals surface area contributed by atoms with Gasteiger partial charge in [-0.05, 0) is 41.5 Å². The van der Waals surface area contributed by atoms with E-state index in [4.69, 9.17) is 0 Å². The molecule has 0 aliphatic carbocycles. The number of carbonyl (C=O) groups excluding carboxylic acids is 1. The Balaban J connectivity index is 1.68. The topological polar surface area (TPSA) is 57.9 Å². The van der Waals surface area contributed by atoms with Crippen LogP contribution >= 0.6 is 11.3 Å². The third-order valence-corrected chi connectivity index (χ3v) is 5.70. The van der Waals surface area contributed by atoms with E-state index in [1.54, 1.807) is 47.2 Å². The van der Waals surface area contributed by atoms with Crippen LogP contribution in [-0.4, -0.2) is 34.5 Å². The number of phenolic OH excluding ortho intramolecular Hbond substituents is 1. The van der Waals surface area contributed by atoms with Crippen LogP contribution in [0.4, 0.5) is 13.6 Å². The van der Waals surface area contributed by atoms with Gasteiger partial charge in [-0.3, -0.25) is 0 Å². The molecule has 154 valence electrons. The third-order valence-electron chi connectivity index (χ3n) is 5.02. The van der Waals surface area contributed by atoms with Crippen molar-refractivity contribution in [1.29, 1.82) is 0 Å². The van der Waals surface area contributed by atoms with E-state index in [9.17, 15) is 18.7 Å². The molecule has 0 radical (unpaired) electrons. The number of rotatable bonds is 4. The molecule has 2 aromatic carbocycles. The van der Waals surface area contributed by atoms with Crippen LogP contribution in [0.2, 0.25) is 0 Å². The molecule has 2 N–H and O–H groups in total. The van der Waals surface area contributed by atoms with Gasteiger partial charge in [0.2, 0.25) is 11.2 Å². The minimum absolute atomic E-state index is 0.0694. The van der Waals surface area contributed by atoms with Crippen LogP contribution < -0.4 is 4.98 Å². The van der Waals surface area contributed by atoms with Crippen LogP contribution in [0.1, 0.15) is 22.9 Å². The number of carbonyl (C=O) groups is 1. The summed E-state index contributed by atoms with van der Waals surface area (Å²) >= 11 is 1.50. The Morgan fingerprint density at radius 2 is 2.13 bits per heavy atom. The van der Waals surface area contributed by atoms with Crippen molar-refractivity contribution < 1.29 is 23.7 Å². The summed E-state index contributed by atoms with van der Waals surface area (Å²) in [6.45, 7) is 0.506. The second-order valence-corrected chi connectivity index (χ2v) is 7.91. The number of H-pyrrole nitrogens is 1. The van der Waals surface area contributed by atoms with Crippen LogP contribution in [-0.2, 0) is 6.54 Å². The number of hydrogen-bond acceptors (Lipinski definition) is 3.